The molecule has 64 valence electrons. The van der Waals surface area contributed by atoms with Crippen LogP contribution in [0.5, 0.6) is 0 Å². The minimum Gasteiger partial charge on any atom is -0.461 e. The van der Waals surface area contributed by atoms with Crippen molar-refractivity contribution in [3.63, 3.8) is 0 Å². The number of halogens is 3. The number of alkyl halides is 2. The highest BCUT2D eigenvalue weighted by Crippen LogP contribution is 2.03. The Morgan fingerprint density at radius 1 is 1.64 bits per heavy atom. The topological polar surface area (TPSA) is 26.3 Å². The van der Waals surface area contributed by atoms with Gasteiger partial charge in [-0.05, 0) is 0 Å². The van der Waals surface area contributed by atoms with E-state index in [1.54, 1.807) is 0 Å². The van der Waals surface area contributed by atoms with E-state index >= 15 is 0 Å². The number of esters is 1. The molecule has 0 N–H and O–H groups in total. The van der Waals surface area contributed by atoms with Crippen molar-refractivity contribution in [3.8, 4) is 0 Å². The third-order valence-electron chi connectivity index (χ3n) is 0.791. The maximum absolute atomic E-state index is 11.4. The van der Waals surface area contributed by atoms with Gasteiger partial charge in [0.15, 0.2) is 0 Å². The Morgan fingerprint density at radius 3 is 2.55 bits per heavy atom. The second kappa shape index (κ2) is 5.07. The summed E-state index contributed by atoms with van der Waals surface area (Å²) in [5.41, 5.74) is 0. The van der Waals surface area contributed by atoms with Crippen molar-refractivity contribution in [2.24, 2.45) is 0 Å². The highest BCUT2D eigenvalue weighted by Gasteiger charge is 2.07. The first-order valence-electron chi connectivity index (χ1n) is 2.83. The second-order valence-corrected chi connectivity index (χ2v) is 2.18. The van der Waals surface area contributed by atoms with E-state index in [2.05, 4.69) is 11.3 Å². The zero-order valence-electron chi connectivity index (χ0n) is 5.65. The smallest absolute Gasteiger partial charge is 0.349 e. The molecule has 0 aromatic rings. The van der Waals surface area contributed by atoms with Crippen LogP contribution in [-0.2, 0) is 9.53 Å². The van der Waals surface area contributed by atoms with E-state index in [4.69, 9.17) is 11.6 Å². The lowest BCUT2D eigenvalue weighted by Gasteiger charge is -2.01. The lowest BCUT2D eigenvalue weighted by Crippen LogP contribution is -2.07. The van der Waals surface area contributed by atoms with Crippen LogP contribution in [0.3, 0.4) is 0 Å². The molecular weight excluding hydrogens is 178 g/mol. The summed E-state index contributed by atoms with van der Waals surface area (Å²) in [6.07, 6.45) is -2.94. The summed E-state index contributed by atoms with van der Waals surface area (Å²) >= 11 is 5.09. The molecule has 0 aromatic heterocycles. The van der Waals surface area contributed by atoms with Crippen molar-refractivity contribution in [2.45, 2.75) is 12.8 Å². The zero-order valence-corrected chi connectivity index (χ0v) is 6.40. The van der Waals surface area contributed by atoms with E-state index in [0.717, 1.165) is 0 Å². The van der Waals surface area contributed by atoms with Crippen LogP contribution >= 0.6 is 11.6 Å². The predicted octanol–water partition coefficient (Wildman–Crippen LogP) is 1.94. The lowest BCUT2D eigenvalue weighted by molar-refractivity contribution is -0.139. The molecule has 0 bridgehead atoms. The summed E-state index contributed by atoms with van der Waals surface area (Å²) in [5, 5.41) is -0.306. The highest BCUT2D eigenvalue weighted by atomic mass is 35.5. The molecule has 0 fully saturated rings. The van der Waals surface area contributed by atoms with Gasteiger partial charge in [0.2, 0.25) is 6.43 Å². The van der Waals surface area contributed by atoms with Crippen LogP contribution in [0.15, 0.2) is 11.6 Å². The van der Waals surface area contributed by atoms with E-state index in [1.807, 2.05) is 0 Å². The van der Waals surface area contributed by atoms with E-state index in [0.29, 0.717) is 0 Å². The largest absolute Gasteiger partial charge is 0.461 e. The van der Waals surface area contributed by atoms with Gasteiger partial charge in [0.25, 0.3) is 0 Å². The zero-order chi connectivity index (χ0) is 8.85. The summed E-state index contributed by atoms with van der Waals surface area (Å²) in [7, 11) is 0. The molecule has 2 nitrogen and oxygen atoms in total. The van der Waals surface area contributed by atoms with Gasteiger partial charge in [0.05, 0.1) is 6.61 Å². The van der Waals surface area contributed by atoms with Crippen molar-refractivity contribution in [2.75, 3.05) is 6.61 Å². The summed E-state index contributed by atoms with van der Waals surface area (Å²) in [5.74, 6) is -0.854. The number of hydrogen-bond donors (Lipinski definition) is 0. The van der Waals surface area contributed by atoms with E-state index in [-0.39, 0.29) is 11.6 Å². The summed E-state index contributed by atoms with van der Waals surface area (Å²) in [6.45, 7) is 2.73. The number of ether oxygens (including phenoxy) is 1. The standard InChI is InChI=1S/C6H7ClF2O2/c1-4(7)6(10)11-3-2-5(8)9/h5H,1-3H2. The molecule has 11 heavy (non-hydrogen) atoms. The quantitative estimate of drug-likeness (QED) is 0.493. The first kappa shape index (κ1) is 10.4. The van der Waals surface area contributed by atoms with Crippen LogP contribution in [0.1, 0.15) is 6.42 Å². The molecule has 0 rings (SSSR count). The molecule has 0 unspecified atom stereocenters. The number of rotatable bonds is 4. The molecule has 0 radical (unpaired) electrons. The summed E-state index contributed by atoms with van der Waals surface area (Å²) < 4.78 is 27.1. The van der Waals surface area contributed by atoms with Gasteiger partial charge >= 0.3 is 5.97 Å². The van der Waals surface area contributed by atoms with Crippen molar-refractivity contribution >= 4 is 17.6 Å². The van der Waals surface area contributed by atoms with E-state index in [9.17, 15) is 13.6 Å². The number of carbonyl (C=O) groups excluding carboxylic acids is 1. The molecule has 0 heterocycles. The van der Waals surface area contributed by atoms with Crippen LogP contribution < -0.4 is 0 Å². The Kier molecular flexibility index (Phi) is 4.77. The van der Waals surface area contributed by atoms with Gasteiger partial charge in [-0.25, -0.2) is 13.6 Å². The van der Waals surface area contributed by atoms with Crippen LogP contribution in [0.4, 0.5) is 8.78 Å². The number of carbonyl (C=O) groups is 1. The highest BCUT2D eigenvalue weighted by molar-refractivity contribution is 6.40. The normalized spacial score (nSPS) is 9.82. The average molecular weight is 185 g/mol. The predicted molar refractivity (Wildman–Crippen MR) is 36.6 cm³/mol. The third-order valence-corrected chi connectivity index (χ3v) is 0.945. The van der Waals surface area contributed by atoms with Crippen molar-refractivity contribution in [3.05, 3.63) is 11.6 Å². The molecule has 5 heteroatoms. The van der Waals surface area contributed by atoms with Gasteiger partial charge in [-0.15, -0.1) is 0 Å². The molecule has 0 aliphatic carbocycles. The minimum atomic E-state index is -2.47. The minimum absolute atomic E-state index is 0.306. The molecule has 0 saturated heterocycles. The molecule has 0 aliphatic rings. The maximum atomic E-state index is 11.4. The molecular formula is C6H7ClF2O2. The fourth-order valence-electron chi connectivity index (χ4n) is 0.319. The van der Waals surface area contributed by atoms with Crippen molar-refractivity contribution in [1.29, 1.82) is 0 Å². The lowest BCUT2D eigenvalue weighted by atomic mass is 10.5. The molecule has 0 aliphatic heterocycles. The van der Waals surface area contributed by atoms with E-state index < -0.39 is 18.8 Å². The number of hydrogen-bond acceptors (Lipinski definition) is 2. The van der Waals surface area contributed by atoms with Crippen LogP contribution in [0, 0.1) is 0 Å². The van der Waals surface area contributed by atoms with Crippen molar-refractivity contribution in [1.82, 2.24) is 0 Å². The van der Waals surface area contributed by atoms with Gasteiger partial charge in [-0.3, -0.25) is 0 Å². The van der Waals surface area contributed by atoms with Gasteiger partial charge in [-0.2, -0.15) is 0 Å². The van der Waals surface area contributed by atoms with Crippen LogP contribution in [0.2, 0.25) is 0 Å². The second-order valence-electron chi connectivity index (χ2n) is 1.72. The molecule has 0 amide bonds. The Morgan fingerprint density at radius 2 is 2.18 bits per heavy atom. The Balaban J connectivity index is 3.40. The summed E-state index contributed by atoms with van der Waals surface area (Å²) in [4.78, 5) is 10.4. The molecule has 0 atom stereocenters. The molecule has 0 saturated carbocycles. The van der Waals surface area contributed by atoms with Crippen LogP contribution in [-0.4, -0.2) is 19.0 Å². The third kappa shape index (κ3) is 5.79. The Labute approximate surface area is 67.8 Å². The average Bonchev–Trinajstić information content (AvgIpc) is 1.86. The van der Waals surface area contributed by atoms with Crippen LogP contribution in [0.25, 0.3) is 0 Å². The first-order chi connectivity index (χ1) is 5.04. The van der Waals surface area contributed by atoms with Gasteiger partial charge in [0, 0.05) is 6.42 Å². The Bertz CT molecular complexity index is 159. The first-order valence-corrected chi connectivity index (χ1v) is 3.21. The monoisotopic (exact) mass is 184 g/mol. The van der Waals surface area contributed by atoms with Gasteiger partial charge in [-0.1, -0.05) is 18.2 Å². The maximum Gasteiger partial charge on any atom is 0.349 e. The molecule has 0 aromatic carbocycles. The summed E-state index contributed by atoms with van der Waals surface area (Å²) in [6, 6.07) is 0. The van der Waals surface area contributed by atoms with E-state index in [1.165, 1.54) is 0 Å². The molecule has 0 spiro atoms. The van der Waals surface area contributed by atoms with Gasteiger partial charge < -0.3 is 4.74 Å². The SMILES string of the molecule is C=C(Cl)C(=O)OCCC(F)F. The Hall–Kier alpha value is -0.640. The fraction of sp³-hybridized carbons (Fsp3) is 0.500. The van der Waals surface area contributed by atoms with Gasteiger partial charge in [0.1, 0.15) is 5.03 Å². The fourth-order valence-corrected chi connectivity index (χ4v) is 0.374. The van der Waals surface area contributed by atoms with Crippen molar-refractivity contribution < 1.29 is 18.3 Å².